The predicted molar refractivity (Wildman–Crippen MR) is 65.5 cm³/mol. The Kier molecular flexibility index (Phi) is 4.78. The molecule has 0 bridgehead atoms. The summed E-state index contributed by atoms with van der Waals surface area (Å²) in [6.45, 7) is 6.80. The molecule has 0 amide bonds. The fourth-order valence-corrected chi connectivity index (χ4v) is 2.64. The van der Waals surface area contributed by atoms with Crippen LogP contribution in [0.2, 0.25) is 0 Å². The molecule has 3 nitrogen and oxygen atoms in total. The number of hydrogen-bond donors (Lipinski definition) is 2. The lowest BCUT2D eigenvalue weighted by Gasteiger charge is -2.29. The van der Waals surface area contributed by atoms with Crippen molar-refractivity contribution < 1.29 is 9.90 Å². The Balaban J connectivity index is 2.46. The van der Waals surface area contributed by atoms with E-state index in [1.807, 2.05) is 6.92 Å². The topological polar surface area (TPSA) is 49.3 Å². The molecule has 0 spiro atoms. The Morgan fingerprint density at radius 2 is 2.00 bits per heavy atom. The van der Waals surface area contributed by atoms with Gasteiger partial charge in [-0.2, -0.15) is 0 Å². The highest BCUT2D eigenvalue weighted by molar-refractivity contribution is 5.78. The third-order valence-corrected chi connectivity index (χ3v) is 3.54. The minimum Gasteiger partial charge on any atom is -0.480 e. The highest BCUT2D eigenvalue weighted by atomic mass is 16.4. The van der Waals surface area contributed by atoms with Crippen LogP contribution in [0, 0.1) is 11.8 Å². The zero-order chi connectivity index (χ0) is 12.2. The Morgan fingerprint density at radius 3 is 2.44 bits per heavy atom. The molecule has 1 aliphatic rings. The Morgan fingerprint density at radius 1 is 1.44 bits per heavy atom. The first-order chi connectivity index (χ1) is 7.44. The largest absolute Gasteiger partial charge is 0.480 e. The Labute approximate surface area is 98.6 Å². The second kappa shape index (κ2) is 5.67. The standard InChI is InChI=1S/C13H25NO2/c1-10(2)8-13(3,12(15)16)14-9-11-6-4-5-7-11/h10-11,14H,4-9H2,1-3H3,(H,15,16). The maximum absolute atomic E-state index is 11.3. The molecule has 1 saturated carbocycles. The molecule has 1 aliphatic carbocycles. The van der Waals surface area contributed by atoms with E-state index in [1.54, 1.807) is 0 Å². The van der Waals surface area contributed by atoms with Gasteiger partial charge < -0.3 is 10.4 Å². The maximum atomic E-state index is 11.3. The van der Waals surface area contributed by atoms with E-state index < -0.39 is 11.5 Å². The summed E-state index contributed by atoms with van der Waals surface area (Å²) in [7, 11) is 0. The summed E-state index contributed by atoms with van der Waals surface area (Å²) in [5, 5.41) is 12.6. The number of hydrogen-bond acceptors (Lipinski definition) is 2. The molecule has 0 aromatic heterocycles. The first kappa shape index (κ1) is 13.5. The zero-order valence-corrected chi connectivity index (χ0v) is 10.8. The molecule has 0 heterocycles. The quantitative estimate of drug-likeness (QED) is 0.733. The van der Waals surface area contributed by atoms with Crippen molar-refractivity contribution in [3.8, 4) is 0 Å². The van der Waals surface area contributed by atoms with Crippen molar-refractivity contribution in [2.75, 3.05) is 6.54 Å². The summed E-state index contributed by atoms with van der Waals surface area (Å²) in [6, 6.07) is 0. The average molecular weight is 227 g/mol. The molecular weight excluding hydrogens is 202 g/mol. The normalized spacial score (nSPS) is 21.2. The molecule has 0 saturated heterocycles. The van der Waals surface area contributed by atoms with Crippen molar-refractivity contribution in [3.05, 3.63) is 0 Å². The van der Waals surface area contributed by atoms with Crippen LogP contribution in [0.5, 0.6) is 0 Å². The van der Waals surface area contributed by atoms with Crippen LogP contribution in [-0.2, 0) is 4.79 Å². The first-order valence-electron chi connectivity index (χ1n) is 6.42. The van der Waals surface area contributed by atoms with Crippen LogP contribution in [0.25, 0.3) is 0 Å². The van der Waals surface area contributed by atoms with Crippen molar-refractivity contribution in [2.45, 2.75) is 58.4 Å². The lowest BCUT2D eigenvalue weighted by molar-refractivity contribution is -0.145. The number of carboxylic acids is 1. The predicted octanol–water partition coefficient (Wildman–Crippen LogP) is 2.66. The second-order valence-corrected chi connectivity index (χ2v) is 5.77. The van der Waals surface area contributed by atoms with Gasteiger partial charge in [0.05, 0.1) is 0 Å². The molecule has 3 heteroatoms. The summed E-state index contributed by atoms with van der Waals surface area (Å²) in [4.78, 5) is 11.3. The van der Waals surface area contributed by atoms with Crippen LogP contribution in [0.1, 0.15) is 52.9 Å². The van der Waals surface area contributed by atoms with Crippen molar-refractivity contribution in [3.63, 3.8) is 0 Å². The molecule has 2 N–H and O–H groups in total. The molecule has 0 aromatic carbocycles. The first-order valence-corrected chi connectivity index (χ1v) is 6.42. The molecule has 1 atom stereocenters. The molecule has 1 rings (SSSR count). The zero-order valence-electron chi connectivity index (χ0n) is 10.8. The fraction of sp³-hybridized carbons (Fsp3) is 0.923. The van der Waals surface area contributed by atoms with Crippen LogP contribution in [0.4, 0.5) is 0 Å². The van der Waals surface area contributed by atoms with Crippen molar-refractivity contribution in [1.82, 2.24) is 5.32 Å². The monoisotopic (exact) mass is 227 g/mol. The van der Waals surface area contributed by atoms with Gasteiger partial charge in [0.15, 0.2) is 0 Å². The van der Waals surface area contributed by atoms with Crippen LogP contribution in [0.15, 0.2) is 0 Å². The molecule has 16 heavy (non-hydrogen) atoms. The third kappa shape index (κ3) is 3.78. The van der Waals surface area contributed by atoms with E-state index in [-0.39, 0.29) is 0 Å². The van der Waals surface area contributed by atoms with Gasteiger partial charge in [0.25, 0.3) is 0 Å². The molecule has 0 aromatic rings. The van der Waals surface area contributed by atoms with Crippen molar-refractivity contribution in [2.24, 2.45) is 11.8 Å². The molecule has 0 radical (unpaired) electrons. The molecule has 1 fully saturated rings. The Hall–Kier alpha value is -0.570. The van der Waals surface area contributed by atoms with Crippen LogP contribution < -0.4 is 5.32 Å². The van der Waals surface area contributed by atoms with E-state index in [2.05, 4.69) is 19.2 Å². The third-order valence-electron chi connectivity index (χ3n) is 3.54. The van der Waals surface area contributed by atoms with E-state index in [0.29, 0.717) is 18.3 Å². The van der Waals surface area contributed by atoms with Gasteiger partial charge in [0.2, 0.25) is 0 Å². The van der Waals surface area contributed by atoms with Gasteiger partial charge in [0.1, 0.15) is 5.54 Å². The number of nitrogens with one attached hydrogen (secondary N) is 1. The highest BCUT2D eigenvalue weighted by Gasteiger charge is 2.34. The van der Waals surface area contributed by atoms with Gasteiger partial charge in [-0.25, -0.2) is 0 Å². The van der Waals surface area contributed by atoms with Crippen LogP contribution in [-0.4, -0.2) is 23.2 Å². The van der Waals surface area contributed by atoms with Gasteiger partial charge >= 0.3 is 5.97 Å². The van der Waals surface area contributed by atoms with Gasteiger partial charge in [-0.3, -0.25) is 4.79 Å². The van der Waals surface area contributed by atoms with Crippen LogP contribution in [0.3, 0.4) is 0 Å². The SMILES string of the molecule is CC(C)CC(C)(NCC1CCCC1)C(=O)O. The summed E-state index contributed by atoms with van der Waals surface area (Å²) in [5.41, 5.74) is -0.753. The molecule has 1 unspecified atom stereocenters. The van der Waals surface area contributed by atoms with E-state index in [4.69, 9.17) is 0 Å². The van der Waals surface area contributed by atoms with Gasteiger partial charge in [-0.05, 0) is 44.6 Å². The minimum atomic E-state index is -0.753. The summed E-state index contributed by atoms with van der Waals surface area (Å²) < 4.78 is 0. The molecule has 94 valence electrons. The van der Waals surface area contributed by atoms with Gasteiger partial charge in [-0.1, -0.05) is 26.7 Å². The fourth-order valence-electron chi connectivity index (χ4n) is 2.64. The lowest BCUT2D eigenvalue weighted by atomic mass is 9.90. The second-order valence-electron chi connectivity index (χ2n) is 5.77. The minimum absolute atomic E-state index is 0.400. The van der Waals surface area contributed by atoms with Crippen molar-refractivity contribution in [1.29, 1.82) is 0 Å². The van der Waals surface area contributed by atoms with E-state index in [9.17, 15) is 9.90 Å². The number of rotatable bonds is 6. The number of aliphatic carboxylic acids is 1. The van der Waals surface area contributed by atoms with E-state index in [1.165, 1.54) is 25.7 Å². The highest BCUT2D eigenvalue weighted by Crippen LogP contribution is 2.25. The number of carbonyl (C=O) groups is 1. The smallest absolute Gasteiger partial charge is 0.323 e. The number of carboxylic acid groups (broad SMARTS) is 1. The van der Waals surface area contributed by atoms with Gasteiger partial charge in [-0.15, -0.1) is 0 Å². The lowest BCUT2D eigenvalue weighted by Crippen LogP contribution is -2.51. The summed E-state index contributed by atoms with van der Waals surface area (Å²) >= 11 is 0. The van der Waals surface area contributed by atoms with E-state index >= 15 is 0 Å². The van der Waals surface area contributed by atoms with Crippen LogP contribution >= 0.6 is 0 Å². The maximum Gasteiger partial charge on any atom is 0.323 e. The average Bonchev–Trinajstić information content (AvgIpc) is 2.65. The van der Waals surface area contributed by atoms with Crippen molar-refractivity contribution >= 4 is 5.97 Å². The summed E-state index contributed by atoms with van der Waals surface area (Å²) in [6.07, 6.45) is 5.81. The summed E-state index contributed by atoms with van der Waals surface area (Å²) in [5.74, 6) is 0.363. The Bertz CT molecular complexity index is 234. The molecular formula is C13H25NO2. The molecule has 0 aliphatic heterocycles. The van der Waals surface area contributed by atoms with E-state index in [0.717, 1.165) is 6.54 Å². The van der Waals surface area contributed by atoms with Gasteiger partial charge in [0, 0.05) is 0 Å².